The molecule has 1 atom stereocenters. The van der Waals surface area contributed by atoms with Crippen molar-refractivity contribution in [3.05, 3.63) is 47.5 Å². The first-order valence-corrected chi connectivity index (χ1v) is 8.60. The fourth-order valence-corrected chi connectivity index (χ4v) is 3.00. The van der Waals surface area contributed by atoms with E-state index in [1.54, 1.807) is 19.2 Å². The van der Waals surface area contributed by atoms with Crippen molar-refractivity contribution in [2.24, 2.45) is 10.4 Å². The average Bonchev–Trinajstić information content (AvgIpc) is 2.50. The van der Waals surface area contributed by atoms with Gasteiger partial charge in [0.2, 0.25) is 10.0 Å². The van der Waals surface area contributed by atoms with Crippen LogP contribution in [0.25, 0.3) is 0 Å². The molecule has 1 aromatic carbocycles. The minimum atomic E-state index is -3.36. The number of allylic oxidation sites excluding steroid dienone is 1. The smallest absolute Gasteiger partial charge is 0.211 e. The molecule has 0 aromatic heterocycles. The summed E-state index contributed by atoms with van der Waals surface area (Å²) in [5, 5.41) is 0. The van der Waals surface area contributed by atoms with Crippen molar-refractivity contribution in [3.8, 4) is 0 Å². The fourth-order valence-electron chi connectivity index (χ4n) is 2.29. The number of aliphatic imine (C=N–C) groups is 1. The highest BCUT2D eigenvalue weighted by molar-refractivity contribution is 7.89. The molecule has 22 heavy (non-hydrogen) atoms. The molecule has 0 saturated heterocycles. The van der Waals surface area contributed by atoms with Gasteiger partial charge in [0.15, 0.2) is 0 Å². The van der Waals surface area contributed by atoms with Crippen LogP contribution in [-0.4, -0.2) is 33.5 Å². The first-order chi connectivity index (χ1) is 10.4. The van der Waals surface area contributed by atoms with Crippen molar-refractivity contribution < 1.29 is 17.2 Å². The van der Waals surface area contributed by atoms with Crippen molar-refractivity contribution >= 4 is 16.2 Å². The quantitative estimate of drug-likeness (QED) is 0.869. The summed E-state index contributed by atoms with van der Waals surface area (Å²) >= 11 is 0. The van der Waals surface area contributed by atoms with Crippen molar-refractivity contribution in [2.45, 2.75) is 13.3 Å². The Hall–Kier alpha value is -1.60. The molecule has 4 nitrogen and oxygen atoms in total. The second-order valence-corrected chi connectivity index (χ2v) is 7.44. The van der Waals surface area contributed by atoms with E-state index >= 15 is 0 Å². The third-order valence-electron chi connectivity index (χ3n) is 3.63. The van der Waals surface area contributed by atoms with Gasteiger partial charge in [-0.3, -0.25) is 4.99 Å². The van der Waals surface area contributed by atoms with E-state index in [1.165, 1.54) is 12.1 Å². The van der Waals surface area contributed by atoms with Gasteiger partial charge in [-0.1, -0.05) is 12.1 Å². The molecule has 0 spiro atoms. The first kappa shape index (κ1) is 16.8. The van der Waals surface area contributed by atoms with Crippen LogP contribution in [0.1, 0.15) is 12.5 Å². The number of nitrogens with one attached hydrogen (secondary N) is 1. The van der Waals surface area contributed by atoms with Crippen LogP contribution in [0.2, 0.25) is 0 Å². The number of hydrogen-bond acceptors (Lipinski definition) is 3. The van der Waals surface area contributed by atoms with Crippen LogP contribution in [0.15, 0.2) is 35.3 Å². The summed E-state index contributed by atoms with van der Waals surface area (Å²) in [6.45, 7) is 2.00. The van der Waals surface area contributed by atoms with Crippen molar-refractivity contribution in [2.75, 3.05) is 18.8 Å². The van der Waals surface area contributed by atoms with E-state index in [-0.39, 0.29) is 18.7 Å². The highest BCUT2D eigenvalue weighted by Gasteiger charge is 2.31. The maximum absolute atomic E-state index is 13.9. The lowest BCUT2D eigenvalue weighted by atomic mass is 9.80. The summed E-state index contributed by atoms with van der Waals surface area (Å²) < 4.78 is 52.7. The number of sulfonamides is 1. The Morgan fingerprint density at radius 2 is 2.14 bits per heavy atom. The van der Waals surface area contributed by atoms with Gasteiger partial charge in [-0.05, 0) is 31.1 Å². The molecule has 1 aromatic rings. The van der Waals surface area contributed by atoms with Crippen LogP contribution in [-0.2, 0) is 16.4 Å². The lowest BCUT2D eigenvalue weighted by Gasteiger charge is -2.31. The predicted octanol–water partition coefficient (Wildman–Crippen LogP) is 2.07. The highest BCUT2D eigenvalue weighted by Crippen LogP contribution is 2.28. The molecule has 2 rings (SSSR count). The number of hydrogen-bond donors (Lipinski definition) is 1. The zero-order valence-corrected chi connectivity index (χ0v) is 13.0. The Balaban J connectivity index is 2.22. The topological polar surface area (TPSA) is 58.5 Å². The molecule has 1 aliphatic heterocycles. The second kappa shape index (κ2) is 6.66. The Morgan fingerprint density at radius 3 is 2.73 bits per heavy atom. The molecule has 7 heteroatoms. The summed E-state index contributed by atoms with van der Waals surface area (Å²) in [5.41, 5.74) is -0.325. The second-order valence-electron chi connectivity index (χ2n) is 5.35. The Morgan fingerprint density at radius 1 is 1.36 bits per heavy atom. The molecule has 0 fully saturated rings. The lowest BCUT2D eigenvalue weighted by molar-refractivity contribution is 0.378. The number of halogens is 2. The first-order valence-electron chi connectivity index (χ1n) is 6.95. The van der Waals surface area contributed by atoms with E-state index in [4.69, 9.17) is 0 Å². The van der Waals surface area contributed by atoms with Crippen LogP contribution in [0.3, 0.4) is 0 Å². The third kappa shape index (κ3) is 4.20. The van der Waals surface area contributed by atoms with E-state index < -0.39 is 27.1 Å². The van der Waals surface area contributed by atoms with E-state index in [9.17, 15) is 17.2 Å². The monoisotopic (exact) mass is 328 g/mol. The van der Waals surface area contributed by atoms with Gasteiger partial charge in [0.25, 0.3) is 0 Å². The standard InChI is InChI=1S/C15H18F2N2O2S/c1-2-22(20,21)19-11-15(6-3-7-18-10-15)9-12-4-5-13(16)8-14(12)17/h3-8,19H,2,9-11H2,1H3. The summed E-state index contributed by atoms with van der Waals surface area (Å²) in [7, 11) is -3.36. The molecule has 1 heterocycles. The molecule has 0 saturated carbocycles. The van der Waals surface area contributed by atoms with Gasteiger partial charge in [0, 0.05) is 30.8 Å². The van der Waals surface area contributed by atoms with Gasteiger partial charge in [0.05, 0.1) is 5.75 Å². The Bertz CT molecular complexity index is 701. The van der Waals surface area contributed by atoms with Crippen LogP contribution in [0.4, 0.5) is 8.78 Å². The van der Waals surface area contributed by atoms with Gasteiger partial charge in [-0.15, -0.1) is 0 Å². The van der Waals surface area contributed by atoms with E-state index in [1.807, 2.05) is 6.08 Å². The number of rotatable bonds is 6. The fraction of sp³-hybridized carbons (Fsp3) is 0.400. The van der Waals surface area contributed by atoms with Crippen molar-refractivity contribution in [1.82, 2.24) is 4.72 Å². The zero-order valence-electron chi connectivity index (χ0n) is 12.2. The number of nitrogens with zero attached hydrogens (tertiary/aromatic N) is 1. The molecule has 1 N–H and O–H groups in total. The predicted molar refractivity (Wildman–Crippen MR) is 82.5 cm³/mol. The number of dihydropyridines is 1. The zero-order chi connectivity index (χ0) is 16.2. The largest absolute Gasteiger partial charge is 0.292 e. The van der Waals surface area contributed by atoms with E-state index in [2.05, 4.69) is 9.71 Å². The van der Waals surface area contributed by atoms with Gasteiger partial charge >= 0.3 is 0 Å². The molecule has 0 bridgehead atoms. The summed E-state index contributed by atoms with van der Waals surface area (Å²) in [6, 6.07) is 3.40. The van der Waals surface area contributed by atoms with Crippen LogP contribution in [0.5, 0.6) is 0 Å². The summed E-state index contributed by atoms with van der Waals surface area (Å²) in [6.07, 6.45) is 5.39. The average molecular weight is 328 g/mol. The summed E-state index contributed by atoms with van der Waals surface area (Å²) in [4.78, 5) is 4.16. The molecule has 0 radical (unpaired) electrons. The van der Waals surface area contributed by atoms with Crippen LogP contribution >= 0.6 is 0 Å². The highest BCUT2D eigenvalue weighted by atomic mass is 32.2. The SMILES string of the molecule is CCS(=O)(=O)NCC1(Cc2ccc(F)cc2F)C=CC=NC1. The molecule has 0 amide bonds. The maximum atomic E-state index is 13.9. The maximum Gasteiger partial charge on any atom is 0.211 e. The van der Waals surface area contributed by atoms with Crippen LogP contribution < -0.4 is 4.72 Å². The molecule has 120 valence electrons. The van der Waals surface area contributed by atoms with E-state index in [0.29, 0.717) is 12.1 Å². The minimum Gasteiger partial charge on any atom is -0.292 e. The molecule has 0 aliphatic carbocycles. The minimum absolute atomic E-state index is 0.0268. The Labute approximate surface area is 129 Å². The van der Waals surface area contributed by atoms with Gasteiger partial charge in [-0.2, -0.15) is 0 Å². The van der Waals surface area contributed by atoms with E-state index in [0.717, 1.165) is 6.07 Å². The Kier molecular flexibility index (Phi) is 5.08. The summed E-state index contributed by atoms with van der Waals surface area (Å²) in [5.74, 6) is -1.30. The molecular weight excluding hydrogens is 310 g/mol. The van der Waals surface area contributed by atoms with Gasteiger partial charge in [0.1, 0.15) is 11.6 Å². The normalized spacial score (nSPS) is 21.2. The molecule has 1 unspecified atom stereocenters. The number of benzene rings is 1. The van der Waals surface area contributed by atoms with Crippen molar-refractivity contribution in [3.63, 3.8) is 0 Å². The van der Waals surface area contributed by atoms with Gasteiger partial charge in [-0.25, -0.2) is 21.9 Å². The lowest BCUT2D eigenvalue weighted by Crippen LogP contribution is -2.41. The van der Waals surface area contributed by atoms with Gasteiger partial charge < -0.3 is 0 Å². The van der Waals surface area contributed by atoms with Crippen LogP contribution in [0, 0.1) is 17.0 Å². The molecule has 1 aliphatic rings. The molecular formula is C15H18F2N2O2S. The third-order valence-corrected chi connectivity index (χ3v) is 4.97. The van der Waals surface area contributed by atoms with Crippen molar-refractivity contribution in [1.29, 1.82) is 0 Å².